The van der Waals surface area contributed by atoms with Gasteiger partial charge in [-0.3, -0.25) is 19.2 Å². The molecule has 0 aromatic heterocycles. The molecule has 1 aliphatic carbocycles. The number of rotatable bonds is 14. The van der Waals surface area contributed by atoms with Crippen LogP contribution in [0.25, 0.3) is 0 Å². The Balaban J connectivity index is 2.39. The summed E-state index contributed by atoms with van der Waals surface area (Å²) in [5.74, 6) is -3.01. The van der Waals surface area contributed by atoms with Crippen LogP contribution in [-0.4, -0.2) is 91.1 Å². The molecule has 3 unspecified atom stereocenters. The summed E-state index contributed by atoms with van der Waals surface area (Å²) in [5.41, 5.74) is -2.08. The van der Waals surface area contributed by atoms with Crippen LogP contribution in [0.2, 0.25) is 0 Å². The molecule has 13 heteroatoms. The van der Waals surface area contributed by atoms with Gasteiger partial charge in [-0.1, -0.05) is 87.1 Å². The lowest BCUT2D eigenvalue weighted by Gasteiger charge is -2.40. The third-order valence-corrected chi connectivity index (χ3v) is 11.3. The van der Waals surface area contributed by atoms with Crippen LogP contribution >= 0.6 is 0 Å². The lowest BCUT2D eigenvalue weighted by molar-refractivity contribution is -0.145. The third-order valence-electron chi connectivity index (χ3n) is 9.42. The highest BCUT2D eigenvalue weighted by atomic mass is 32.2. The van der Waals surface area contributed by atoms with Gasteiger partial charge in [0.25, 0.3) is 5.91 Å². The first-order valence-electron chi connectivity index (χ1n) is 17.0. The fourth-order valence-electron chi connectivity index (χ4n) is 6.77. The lowest BCUT2D eigenvalue weighted by Crippen LogP contribution is -2.63. The van der Waals surface area contributed by atoms with Crippen molar-refractivity contribution in [2.75, 3.05) is 24.6 Å². The summed E-state index contributed by atoms with van der Waals surface area (Å²) in [6.45, 7) is 18.8. The van der Waals surface area contributed by atoms with Crippen molar-refractivity contribution in [3.63, 3.8) is 0 Å². The highest BCUT2D eigenvalue weighted by Crippen LogP contribution is 2.40. The maximum Gasteiger partial charge on any atom is 0.315 e. The van der Waals surface area contributed by atoms with Gasteiger partial charge in [0.2, 0.25) is 17.6 Å². The Labute approximate surface area is 281 Å². The van der Waals surface area contributed by atoms with Gasteiger partial charge in [-0.25, -0.2) is 13.2 Å². The second-order valence-corrected chi connectivity index (χ2v) is 17.7. The zero-order chi connectivity index (χ0) is 35.8. The van der Waals surface area contributed by atoms with Gasteiger partial charge in [0, 0.05) is 18.8 Å². The number of urea groups is 1. The molecule has 2 rings (SSSR count). The van der Waals surface area contributed by atoms with Crippen LogP contribution in [0.1, 0.15) is 107 Å². The van der Waals surface area contributed by atoms with Crippen molar-refractivity contribution >= 4 is 39.4 Å². The predicted octanol–water partition coefficient (Wildman–Crippen LogP) is 3.26. The second kappa shape index (κ2) is 16.4. The molecule has 2 fully saturated rings. The van der Waals surface area contributed by atoms with E-state index in [4.69, 9.17) is 0 Å². The molecule has 0 bridgehead atoms. The minimum absolute atomic E-state index is 0.0291. The number of likely N-dealkylation sites (tertiary alicyclic amines) is 1. The van der Waals surface area contributed by atoms with Crippen molar-refractivity contribution in [1.82, 2.24) is 26.2 Å². The Hall–Kier alpha value is -2.96. The molecule has 1 heterocycles. The topological polar surface area (TPSA) is 171 Å². The molecule has 0 spiro atoms. The van der Waals surface area contributed by atoms with E-state index in [1.54, 1.807) is 6.92 Å². The standard InChI is InChI=1S/C34H59N5O7S/c1-10-16-24(26(40)29(42)35-20-11-2)36-28(41)25-23(32(4,5)6)17-21-39(25)30(43)27(33(7,8)9)37-31(44)38-34(18-14-13-15-19-34)22-47(45,46)12-3/h11,23-25,27H,2,10,12-22H2,1,3-9H3,(H,35,42)(H,36,41)(H2,37,38,44)/t23?,24?,25?,27-/m1/s1. The van der Waals surface area contributed by atoms with Crippen LogP contribution in [0.15, 0.2) is 12.7 Å². The van der Waals surface area contributed by atoms with Gasteiger partial charge in [-0.15, -0.1) is 6.58 Å². The molecule has 4 atom stereocenters. The summed E-state index contributed by atoms with van der Waals surface area (Å²) in [4.78, 5) is 69.0. The Morgan fingerprint density at radius 3 is 2.11 bits per heavy atom. The summed E-state index contributed by atoms with van der Waals surface area (Å²) in [7, 11) is -3.39. The summed E-state index contributed by atoms with van der Waals surface area (Å²) in [5, 5.41) is 11.1. The van der Waals surface area contributed by atoms with Gasteiger partial charge >= 0.3 is 6.03 Å². The normalized spacial score (nSPS) is 21.2. The molecule has 1 saturated heterocycles. The minimum atomic E-state index is -3.39. The van der Waals surface area contributed by atoms with Crippen LogP contribution in [0.3, 0.4) is 0 Å². The van der Waals surface area contributed by atoms with Crippen LogP contribution in [-0.2, 0) is 29.0 Å². The number of nitrogens with one attached hydrogen (secondary N) is 4. The largest absolute Gasteiger partial charge is 0.346 e. The van der Waals surface area contributed by atoms with E-state index in [9.17, 15) is 32.4 Å². The van der Waals surface area contributed by atoms with Gasteiger partial charge in [-0.05, 0) is 42.4 Å². The molecule has 12 nitrogen and oxygen atoms in total. The molecule has 0 aromatic carbocycles. The Morgan fingerprint density at radius 1 is 0.979 bits per heavy atom. The first-order valence-corrected chi connectivity index (χ1v) is 18.9. The Bertz CT molecular complexity index is 1260. The summed E-state index contributed by atoms with van der Waals surface area (Å²) < 4.78 is 25.3. The van der Waals surface area contributed by atoms with Crippen molar-refractivity contribution in [3.05, 3.63) is 12.7 Å². The maximum atomic E-state index is 14.4. The fraction of sp³-hybridized carbons (Fsp3) is 0.794. The first-order chi connectivity index (χ1) is 21.7. The molecule has 268 valence electrons. The smallest absolute Gasteiger partial charge is 0.315 e. The van der Waals surface area contributed by atoms with Crippen LogP contribution in [0.4, 0.5) is 4.79 Å². The average Bonchev–Trinajstić information content (AvgIpc) is 3.44. The van der Waals surface area contributed by atoms with Crippen molar-refractivity contribution in [3.8, 4) is 0 Å². The van der Waals surface area contributed by atoms with E-state index in [0.717, 1.165) is 19.3 Å². The number of hydrogen-bond acceptors (Lipinski definition) is 7. The molecule has 4 N–H and O–H groups in total. The van der Waals surface area contributed by atoms with E-state index in [1.165, 1.54) is 11.0 Å². The molecule has 0 aromatic rings. The summed E-state index contributed by atoms with van der Waals surface area (Å²) in [6, 6.07) is -3.68. The number of ketones is 1. The molecule has 1 saturated carbocycles. The number of nitrogens with zero attached hydrogens (tertiary/aromatic N) is 1. The van der Waals surface area contributed by atoms with Gasteiger partial charge in [-0.2, -0.15) is 0 Å². The van der Waals surface area contributed by atoms with Crippen molar-refractivity contribution in [2.24, 2.45) is 16.7 Å². The van der Waals surface area contributed by atoms with Crippen LogP contribution in [0, 0.1) is 16.7 Å². The SMILES string of the molecule is C=CCNC(=O)C(=O)C(CCC)NC(=O)C1C(C(C)(C)C)CCN1C(=O)[C@@H](NC(=O)NC1(CS(=O)(=O)CC)CCCCC1)C(C)(C)C. The summed E-state index contributed by atoms with van der Waals surface area (Å²) >= 11 is 0. The van der Waals surface area contributed by atoms with Crippen molar-refractivity contribution < 1.29 is 32.4 Å². The number of hydrogen-bond donors (Lipinski definition) is 4. The zero-order valence-corrected chi connectivity index (χ0v) is 30.6. The van der Waals surface area contributed by atoms with E-state index in [1.807, 2.05) is 48.5 Å². The number of sulfone groups is 1. The second-order valence-electron chi connectivity index (χ2n) is 15.4. The molecule has 2 aliphatic rings. The molecule has 47 heavy (non-hydrogen) atoms. The van der Waals surface area contributed by atoms with Crippen molar-refractivity contribution in [1.29, 1.82) is 0 Å². The number of Topliss-reactive ketones (excluding diaryl/α,β-unsaturated/α-hetero) is 1. The van der Waals surface area contributed by atoms with Gasteiger partial charge in [0.15, 0.2) is 9.84 Å². The molecule has 0 radical (unpaired) electrons. The fourth-order valence-corrected chi connectivity index (χ4v) is 8.18. The third kappa shape index (κ3) is 11.0. The molecular formula is C34H59N5O7S. The van der Waals surface area contributed by atoms with Gasteiger partial charge in [0.05, 0.1) is 17.3 Å². The van der Waals surface area contributed by atoms with Gasteiger partial charge < -0.3 is 26.2 Å². The quantitative estimate of drug-likeness (QED) is 0.161. The predicted molar refractivity (Wildman–Crippen MR) is 183 cm³/mol. The zero-order valence-electron chi connectivity index (χ0n) is 29.8. The van der Waals surface area contributed by atoms with Crippen LogP contribution < -0.4 is 21.3 Å². The van der Waals surface area contributed by atoms with E-state index < -0.39 is 68.5 Å². The molecular weight excluding hydrogens is 622 g/mol. The number of amides is 5. The number of carbonyl (C=O) groups excluding carboxylic acids is 5. The Morgan fingerprint density at radius 2 is 1.60 bits per heavy atom. The highest BCUT2D eigenvalue weighted by Gasteiger charge is 2.50. The maximum absolute atomic E-state index is 14.4. The number of carbonyl (C=O) groups is 5. The molecule has 1 aliphatic heterocycles. The lowest BCUT2D eigenvalue weighted by atomic mass is 9.75. The van der Waals surface area contributed by atoms with E-state index in [0.29, 0.717) is 25.7 Å². The Kier molecular flexibility index (Phi) is 14.1. The van der Waals surface area contributed by atoms with Crippen LogP contribution in [0.5, 0.6) is 0 Å². The van der Waals surface area contributed by atoms with E-state index in [2.05, 4.69) is 27.8 Å². The van der Waals surface area contributed by atoms with Crippen molar-refractivity contribution in [2.45, 2.75) is 130 Å². The summed E-state index contributed by atoms with van der Waals surface area (Å²) in [6.07, 6.45) is 6.35. The van der Waals surface area contributed by atoms with Gasteiger partial charge in [0.1, 0.15) is 12.1 Å². The van der Waals surface area contributed by atoms with E-state index in [-0.39, 0.29) is 42.3 Å². The molecule has 5 amide bonds. The first kappa shape index (κ1) is 40.2. The monoisotopic (exact) mass is 681 g/mol. The minimum Gasteiger partial charge on any atom is -0.346 e. The highest BCUT2D eigenvalue weighted by molar-refractivity contribution is 7.91. The van der Waals surface area contributed by atoms with E-state index >= 15 is 0 Å². The average molecular weight is 682 g/mol.